The summed E-state index contributed by atoms with van der Waals surface area (Å²) in [7, 11) is 0. The van der Waals surface area contributed by atoms with Crippen LogP contribution >= 0.6 is 11.6 Å². The molecule has 0 saturated carbocycles. The van der Waals surface area contributed by atoms with Crippen LogP contribution in [0.25, 0.3) is 0 Å². The minimum absolute atomic E-state index is 0.276. The monoisotopic (exact) mass is 199 g/mol. The first-order chi connectivity index (χ1) is 5.50. The van der Waals surface area contributed by atoms with Crippen LogP contribution in [-0.4, -0.2) is 30.5 Å². The predicted octanol–water partition coefficient (Wildman–Crippen LogP) is 0.723. The Labute approximate surface area is 73.0 Å². The number of hydrogen-bond donors (Lipinski definition) is 1. The second kappa shape index (κ2) is 3.53. The summed E-state index contributed by atoms with van der Waals surface area (Å²) >= 11 is 4.48. The number of amides is 1. The minimum atomic E-state index is -3.82. The summed E-state index contributed by atoms with van der Waals surface area (Å²) in [5.41, 5.74) is 0. The number of carbonyl (C=O) groups excluding carboxylic acids is 1. The summed E-state index contributed by atoms with van der Waals surface area (Å²) in [5.74, 6) is -1.46. The van der Waals surface area contributed by atoms with Gasteiger partial charge in [-0.05, 0) is 18.0 Å². The van der Waals surface area contributed by atoms with Gasteiger partial charge >= 0.3 is 11.3 Å². The predicted molar refractivity (Wildman–Crippen MR) is 38.2 cm³/mol. The molecule has 0 aliphatic carbocycles. The maximum absolute atomic E-state index is 12.1. The van der Waals surface area contributed by atoms with Crippen molar-refractivity contribution in [1.29, 1.82) is 0 Å². The van der Waals surface area contributed by atoms with E-state index in [1.165, 1.54) is 0 Å². The Morgan fingerprint density at radius 1 is 1.67 bits per heavy atom. The van der Waals surface area contributed by atoms with E-state index in [-0.39, 0.29) is 12.6 Å². The number of rotatable bonds is 2. The third-order valence-corrected chi connectivity index (χ3v) is 1.69. The average molecular weight is 200 g/mol. The fraction of sp³-hybridized carbons (Fsp3) is 0.833. The zero-order valence-electron chi connectivity index (χ0n) is 6.15. The highest BCUT2D eigenvalue weighted by Crippen LogP contribution is 2.19. The molecule has 1 saturated heterocycles. The molecule has 0 aromatic carbocycles. The molecule has 0 spiro atoms. The molecule has 1 N–H and O–H groups in total. The van der Waals surface area contributed by atoms with Crippen molar-refractivity contribution in [2.75, 3.05) is 13.2 Å². The zero-order valence-corrected chi connectivity index (χ0v) is 6.90. The topological polar surface area (TPSA) is 38.3 Å². The van der Waals surface area contributed by atoms with Crippen molar-refractivity contribution < 1.29 is 18.3 Å². The van der Waals surface area contributed by atoms with Crippen LogP contribution in [0, 0.1) is 0 Å². The van der Waals surface area contributed by atoms with E-state index in [1.54, 1.807) is 0 Å². The SMILES string of the molecule is O=C(NC1CCOC1)C(F)(F)Cl. The summed E-state index contributed by atoms with van der Waals surface area (Å²) in [4.78, 5) is 10.6. The molecule has 1 atom stereocenters. The van der Waals surface area contributed by atoms with Gasteiger partial charge in [0, 0.05) is 6.61 Å². The molecule has 1 aliphatic rings. The maximum Gasteiger partial charge on any atom is 0.399 e. The first-order valence-corrected chi connectivity index (χ1v) is 3.83. The van der Waals surface area contributed by atoms with Gasteiger partial charge < -0.3 is 10.1 Å². The largest absolute Gasteiger partial charge is 0.399 e. The summed E-state index contributed by atoms with van der Waals surface area (Å²) in [5, 5.41) is -1.74. The van der Waals surface area contributed by atoms with E-state index in [9.17, 15) is 13.6 Å². The van der Waals surface area contributed by atoms with Crippen molar-refractivity contribution in [1.82, 2.24) is 5.32 Å². The molecular weight excluding hydrogens is 192 g/mol. The van der Waals surface area contributed by atoms with E-state index in [0.717, 1.165) is 0 Å². The van der Waals surface area contributed by atoms with Gasteiger partial charge in [0.1, 0.15) is 0 Å². The van der Waals surface area contributed by atoms with E-state index in [1.807, 2.05) is 0 Å². The van der Waals surface area contributed by atoms with Gasteiger partial charge in [-0.25, -0.2) is 0 Å². The maximum atomic E-state index is 12.1. The van der Waals surface area contributed by atoms with Gasteiger partial charge in [0.15, 0.2) is 0 Å². The molecule has 3 nitrogen and oxygen atoms in total. The molecule has 1 fully saturated rings. The van der Waals surface area contributed by atoms with E-state index < -0.39 is 11.3 Å². The summed E-state index contributed by atoms with van der Waals surface area (Å²) < 4.78 is 29.0. The van der Waals surface area contributed by atoms with Gasteiger partial charge in [0.25, 0.3) is 0 Å². The van der Waals surface area contributed by atoms with Crippen molar-refractivity contribution in [2.45, 2.75) is 17.8 Å². The van der Waals surface area contributed by atoms with Gasteiger partial charge in [-0.1, -0.05) is 0 Å². The lowest BCUT2D eigenvalue weighted by atomic mass is 10.2. The lowest BCUT2D eigenvalue weighted by Gasteiger charge is -2.12. The average Bonchev–Trinajstić information content (AvgIpc) is 2.37. The second-order valence-corrected chi connectivity index (χ2v) is 3.01. The zero-order chi connectivity index (χ0) is 9.19. The highest BCUT2D eigenvalue weighted by atomic mass is 35.5. The van der Waals surface area contributed by atoms with Crippen LogP contribution in [-0.2, 0) is 9.53 Å². The molecule has 12 heavy (non-hydrogen) atoms. The Hall–Kier alpha value is -0.420. The number of nitrogens with one attached hydrogen (secondary N) is 1. The Kier molecular flexibility index (Phi) is 2.85. The fourth-order valence-corrected chi connectivity index (χ4v) is 0.970. The molecule has 70 valence electrons. The quantitative estimate of drug-likeness (QED) is 0.666. The van der Waals surface area contributed by atoms with Crippen molar-refractivity contribution in [3.63, 3.8) is 0 Å². The molecule has 6 heteroatoms. The highest BCUT2D eigenvalue weighted by Gasteiger charge is 2.37. The van der Waals surface area contributed by atoms with E-state index >= 15 is 0 Å². The van der Waals surface area contributed by atoms with Crippen LogP contribution in [0.2, 0.25) is 0 Å². The fourth-order valence-electron chi connectivity index (χ4n) is 0.916. The van der Waals surface area contributed by atoms with Crippen LogP contribution in [0.5, 0.6) is 0 Å². The van der Waals surface area contributed by atoms with Gasteiger partial charge in [-0.2, -0.15) is 8.78 Å². The molecule has 1 heterocycles. The lowest BCUT2D eigenvalue weighted by molar-refractivity contribution is -0.136. The van der Waals surface area contributed by atoms with Crippen LogP contribution in [0.3, 0.4) is 0 Å². The first-order valence-electron chi connectivity index (χ1n) is 3.45. The number of halogens is 3. The third kappa shape index (κ3) is 2.57. The smallest absolute Gasteiger partial charge is 0.379 e. The summed E-state index contributed by atoms with van der Waals surface area (Å²) in [6.45, 7) is 0.761. The first kappa shape index (κ1) is 9.67. The summed E-state index contributed by atoms with van der Waals surface area (Å²) in [6, 6.07) is -0.331. The third-order valence-electron chi connectivity index (χ3n) is 1.52. The molecule has 0 bridgehead atoms. The Morgan fingerprint density at radius 2 is 2.33 bits per heavy atom. The number of carbonyl (C=O) groups is 1. The Bertz CT molecular complexity index is 177. The van der Waals surface area contributed by atoms with Crippen LogP contribution in [0.4, 0.5) is 8.78 Å². The molecule has 0 aromatic rings. The van der Waals surface area contributed by atoms with Crippen molar-refractivity contribution >= 4 is 17.5 Å². The molecular formula is C6H8ClF2NO2. The number of hydrogen-bond acceptors (Lipinski definition) is 2. The lowest BCUT2D eigenvalue weighted by Crippen LogP contribution is -2.42. The standard InChI is InChI=1S/C6H8ClF2NO2/c7-6(8,9)5(11)10-4-1-2-12-3-4/h4H,1-3H2,(H,10,11). The van der Waals surface area contributed by atoms with Crippen molar-refractivity contribution in [3.8, 4) is 0 Å². The van der Waals surface area contributed by atoms with Crippen LogP contribution < -0.4 is 5.32 Å². The molecule has 1 unspecified atom stereocenters. The van der Waals surface area contributed by atoms with Gasteiger partial charge in [0.2, 0.25) is 0 Å². The van der Waals surface area contributed by atoms with Crippen LogP contribution in [0.1, 0.15) is 6.42 Å². The van der Waals surface area contributed by atoms with Crippen LogP contribution in [0.15, 0.2) is 0 Å². The van der Waals surface area contributed by atoms with Gasteiger partial charge in [0.05, 0.1) is 12.6 Å². The highest BCUT2D eigenvalue weighted by molar-refractivity contribution is 6.32. The Morgan fingerprint density at radius 3 is 2.75 bits per heavy atom. The molecule has 1 aliphatic heterocycles. The molecule has 0 radical (unpaired) electrons. The summed E-state index contributed by atoms with van der Waals surface area (Å²) in [6.07, 6.45) is 0.554. The normalized spacial score (nSPS) is 24.1. The number of ether oxygens (including phenoxy) is 1. The van der Waals surface area contributed by atoms with Crippen molar-refractivity contribution in [3.05, 3.63) is 0 Å². The number of alkyl halides is 3. The second-order valence-electron chi connectivity index (χ2n) is 2.53. The van der Waals surface area contributed by atoms with Gasteiger partial charge in [-0.15, -0.1) is 0 Å². The van der Waals surface area contributed by atoms with Gasteiger partial charge in [-0.3, -0.25) is 4.79 Å². The Balaban J connectivity index is 2.35. The molecule has 1 rings (SSSR count). The van der Waals surface area contributed by atoms with E-state index in [2.05, 4.69) is 16.9 Å². The molecule has 1 amide bonds. The minimum Gasteiger partial charge on any atom is -0.379 e. The van der Waals surface area contributed by atoms with Crippen molar-refractivity contribution in [2.24, 2.45) is 0 Å². The van der Waals surface area contributed by atoms with E-state index in [4.69, 9.17) is 4.74 Å². The van der Waals surface area contributed by atoms with E-state index in [0.29, 0.717) is 13.0 Å². The molecule has 0 aromatic heterocycles.